The van der Waals surface area contributed by atoms with Gasteiger partial charge < -0.3 is 0 Å². The summed E-state index contributed by atoms with van der Waals surface area (Å²) in [5, 5.41) is 0.682. The Morgan fingerprint density at radius 3 is 2.35 bits per heavy atom. The summed E-state index contributed by atoms with van der Waals surface area (Å²) in [6.45, 7) is 0. The lowest BCUT2D eigenvalue weighted by molar-refractivity contribution is -0.138. The van der Waals surface area contributed by atoms with Gasteiger partial charge in [0.1, 0.15) is 0 Å². The normalized spacial score (nSPS) is 11.7. The Morgan fingerprint density at radius 2 is 1.75 bits per heavy atom. The fraction of sp³-hybridized carbons (Fsp3) is 0.143. The van der Waals surface area contributed by atoms with Crippen molar-refractivity contribution in [3.63, 3.8) is 0 Å². The number of hydrogen-bond acceptors (Lipinski definition) is 0. The van der Waals surface area contributed by atoms with E-state index in [1.54, 1.807) is 24.3 Å². The van der Waals surface area contributed by atoms with E-state index < -0.39 is 11.7 Å². The van der Waals surface area contributed by atoms with E-state index in [9.17, 15) is 13.2 Å². The molecule has 0 bridgehead atoms. The van der Waals surface area contributed by atoms with Crippen LogP contribution in [0.25, 0.3) is 11.1 Å². The average Bonchev–Trinajstić information content (AvgIpc) is 2.40. The maximum absolute atomic E-state index is 13.0. The summed E-state index contributed by atoms with van der Waals surface area (Å²) in [5.74, 6) is 0. The van der Waals surface area contributed by atoms with Gasteiger partial charge in [-0.25, -0.2) is 0 Å². The Balaban J connectivity index is 2.62. The number of hydrogen-bond donors (Lipinski definition) is 0. The zero-order chi connectivity index (χ0) is 14.9. The summed E-state index contributed by atoms with van der Waals surface area (Å²) in [7, 11) is 0. The van der Waals surface area contributed by atoms with Gasteiger partial charge in [0, 0.05) is 10.9 Å². The fourth-order valence-corrected chi connectivity index (χ4v) is 2.75. The Hall–Kier alpha value is -0.710. The van der Waals surface area contributed by atoms with Gasteiger partial charge in [-0.05, 0) is 23.3 Å². The second-order valence-electron chi connectivity index (χ2n) is 4.10. The van der Waals surface area contributed by atoms with Crippen LogP contribution in [0.3, 0.4) is 0 Å². The molecule has 20 heavy (non-hydrogen) atoms. The molecule has 0 radical (unpaired) electrons. The highest BCUT2D eigenvalue weighted by Gasteiger charge is 2.33. The van der Waals surface area contributed by atoms with Gasteiger partial charge in [-0.15, -0.1) is 0 Å². The Morgan fingerprint density at radius 1 is 1.05 bits per heavy atom. The minimum atomic E-state index is -4.41. The molecular formula is C14H8BrCl2F3. The van der Waals surface area contributed by atoms with Crippen LogP contribution in [-0.2, 0) is 11.5 Å². The van der Waals surface area contributed by atoms with Crippen molar-refractivity contribution in [1.29, 1.82) is 0 Å². The Labute approximate surface area is 132 Å². The smallest absolute Gasteiger partial charge is 0.166 e. The molecule has 2 aromatic rings. The largest absolute Gasteiger partial charge is 0.416 e. The van der Waals surface area contributed by atoms with E-state index in [2.05, 4.69) is 15.9 Å². The number of halogens is 6. The minimum Gasteiger partial charge on any atom is -0.166 e. The molecule has 6 heteroatoms. The van der Waals surface area contributed by atoms with Gasteiger partial charge in [-0.2, -0.15) is 13.2 Å². The molecule has 0 saturated heterocycles. The maximum Gasteiger partial charge on any atom is 0.416 e. The molecule has 2 rings (SSSR count). The van der Waals surface area contributed by atoms with Gasteiger partial charge >= 0.3 is 6.18 Å². The average molecular weight is 384 g/mol. The van der Waals surface area contributed by atoms with Crippen LogP contribution in [-0.4, -0.2) is 0 Å². The number of alkyl halides is 4. The first kappa shape index (κ1) is 15.7. The molecule has 0 aliphatic heterocycles. The highest BCUT2D eigenvalue weighted by Crippen LogP contribution is 2.38. The Kier molecular flexibility index (Phi) is 4.67. The molecule has 0 amide bonds. The first-order valence-electron chi connectivity index (χ1n) is 5.55. The van der Waals surface area contributed by atoms with Crippen molar-refractivity contribution in [2.45, 2.75) is 11.5 Å². The van der Waals surface area contributed by atoms with E-state index in [0.717, 1.165) is 6.07 Å². The van der Waals surface area contributed by atoms with Gasteiger partial charge in [0.25, 0.3) is 0 Å². The van der Waals surface area contributed by atoms with Crippen LogP contribution < -0.4 is 0 Å². The van der Waals surface area contributed by atoms with Crippen molar-refractivity contribution in [3.05, 3.63) is 57.6 Å². The predicted octanol–water partition coefficient (Wildman–Crippen LogP) is 6.57. The van der Waals surface area contributed by atoms with Crippen molar-refractivity contribution in [1.82, 2.24) is 0 Å². The molecule has 2 aromatic carbocycles. The van der Waals surface area contributed by atoms with Crippen molar-refractivity contribution < 1.29 is 13.2 Å². The second kappa shape index (κ2) is 5.96. The maximum atomic E-state index is 13.0. The molecular weight excluding hydrogens is 376 g/mol. The van der Waals surface area contributed by atoms with E-state index in [4.69, 9.17) is 23.2 Å². The molecule has 0 aromatic heterocycles. The van der Waals surface area contributed by atoms with Crippen molar-refractivity contribution in [2.24, 2.45) is 0 Å². The van der Waals surface area contributed by atoms with E-state index in [1.165, 1.54) is 6.07 Å². The molecule has 106 valence electrons. The van der Waals surface area contributed by atoms with E-state index in [0.29, 0.717) is 16.1 Å². The van der Waals surface area contributed by atoms with Crippen molar-refractivity contribution in [2.75, 3.05) is 0 Å². The van der Waals surface area contributed by atoms with Crippen LogP contribution in [0.1, 0.15) is 11.1 Å². The van der Waals surface area contributed by atoms with E-state index in [-0.39, 0.29) is 15.9 Å². The van der Waals surface area contributed by atoms with Crippen LogP contribution in [0.4, 0.5) is 13.2 Å². The highest BCUT2D eigenvalue weighted by atomic mass is 79.9. The highest BCUT2D eigenvalue weighted by molar-refractivity contribution is 9.08. The summed E-state index contributed by atoms with van der Waals surface area (Å²) in [6.07, 6.45) is -4.41. The molecule has 0 fully saturated rings. The molecule has 0 spiro atoms. The summed E-state index contributed by atoms with van der Waals surface area (Å²) in [4.78, 5) is 0. The van der Waals surface area contributed by atoms with Crippen molar-refractivity contribution >= 4 is 39.1 Å². The standard InChI is InChI=1S/C14H8BrCl2F3/c15-7-9-5-4-8(6-11(9)14(18,19)20)10-2-1-3-12(16)13(10)17/h1-6H,7H2. The quantitative estimate of drug-likeness (QED) is 0.514. The number of benzene rings is 2. The molecule has 0 atom stereocenters. The zero-order valence-corrected chi connectivity index (χ0v) is 13.0. The van der Waals surface area contributed by atoms with Crippen LogP contribution in [0, 0.1) is 0 Å². The summed E-state index contributed by atoms with van der Waals surface area (Å²) in [5.41, 5.74) is 0.364. The van der Waals surface area contributed by atoms with Gasteiger partial charge in [-0.3, -0.25) is 0 Å². The predicted molar refractivity (Wildman–Crippen MR) is 79.5 cm³/mol. The molecule has 0 aliphatic rings. The first-order valence-corrected chi connectivity index (χ1v) is 7.43. The molecule has 0 unspecified atom stereocenters. The summed E-state index contributed by atoms with van der Waals surface area (Å²) >= 11 is 15.0. The van der Waals surface area contributed by atoms with Gasteiger partial charge in [-0.1, -0.05) is 63.4 Å². The topological polar surface area (TPSA) is 0 Å². The van der Waals surface area contributed by atoms with Crippen LogP contribution in [0.5, 0.6) is 0 Å². The minimum absolute atomic E-state index is 0.130. The van der Waals surface area contributed by atoms with Crippen LogP contribution in [0.2, 0.25) is 10.0 Å². The fourth-order valence-electron chi connectivity index (χ4n) is 1.85. The molecule has 0 nitrogen and oxygen atoms in total. The zero-order valence-electron chi connectivity index (χ0n) is 9.94. The van der Waals surface area contributed by atoms with E-state index >= 15 is 0 Å². The lowest BCUT2D eigenvalue weighted by Crippen LogP contribution is -2.08. The lowest BCUT2D eigenvalue weighted by atomic mass is 9.99. The summed E-state index contributed by atoms with van der Waals surface area (Å²) in [6, 6.07) is 9.00. The van der Waals surface area contributed by atoms with E-state index in [1.807, 2.05) is 0 Å². The van der Waals surface area contributed by atoms with Gasteiger partial charge in [0.2, 0.25) is 0 Å². The lowest BCUT2D eigenvalue weighted by Gasteiger charge is -2.14. The van der Waals surface area contributed by atoms with Gasteiger partial charge in [0.05, 0.1) is 15.6 Å². The molecule has 0 aliphatic carbocycles. The molecule has 0 N–H and O–H groups in total. The number of rotatable bonds is 2. The Bertz CT molecular complexity index is 639. The van der Waals surface area contributed by atoms with Crippen LogP contribution in [0.15, 0.2) is 36.4 Å². The molecule has 0 saturated carbocycles. The second-order valence-corrected chi connectivity index (χ2v) is 5.45. The van der Waals surface area contributed by atoms with Crippen LogP contribution >= 0.6 is 39.1 Å². The third kappa shape index (κ3) is 3.13. The molecule has 0 heterocycles. The van der Waals surface area contributed by atoms with Gasteiger partial charge in [0.15, 0.2) is 0 Å². The third-order valence-electron chi connectivity index (χ3n) is 2.82. The first-order chi connectivity index (χ1) is 9.34. The third-order valence-corrected chi connectivity index (χ3v) is 4.24. The van der Waals surface area contributed by atoms with Crippen molar-refractivity contribution in [3.8, 4) is 11.1 Å². The monoisotopic (exact) mass is 382 g/mol. The summed E-state index contributed by atoms with van der Waals surface area (Å²) < 4.78 is 39.1. The SMILES string of the molecule is FC(F)(F)c1cc(-c2cccc(Cl)c2Cl)ccc1CBr.